The van der Waals surface area contributed by atoms with Gasteiger partial charge in [0, 0.05) is 3.57 Å². The molecule has 2 aromatic rings. The summed E-state index contributed by atoms with van der Waals surface area (Å²) in [6, 6.07) is 9.76. The minimum atomic E-state index is -4.64. The zero-order chi connectivity index (χ0) is 11.8. The van der Waals surface area contributed by atoms with Crippen LogP contribution in [0.15, 0.2) is 36.4 Å². The Labute approximate surface area is 103 Å². The fourth-order valence-corrected chi connectivity index (χ4v) is 2.12. The molecule has 0 aliphatic heterocycles. The molecule has 0 fully saturated rings. The Balaban J connectivity index is 2.45. The topological polar surface area (TPSA) is 9.23 Å². The van der Waals surface area contributed by atoms with E-state index in [-0.39, 0.29) is 5.75 Å². The van der Waals surface area contributed by atoms with Crippen LogP contribution in [0, 0.1) is 3.57 Å². The van der Waals surface area contributed by atoms with Gasteiger partial charge in [0.2, 0.25) is 0 Å². The number of halogens is 4. The van der Waals surface area contributed by atoms with Gasteiger partial charge in [0.05, 0.1) is 0 Å². The van der Waals surface area contributed by atoms with Crippen molar-refractivity contribution in [3.8, 4) is 5.75 Å². The van der Waals surface area contributed by atoms with E-state index in [1.165, 1.54) is 12.1 Å². The third kappa shape index (κ3) is 2.58. The van der Waals surface area contributed by atoms with Crippen LogP contribution in [-0.2, 0) is 0 Å². The smallest absolute Gasteiger partial charge is 0.406 e. The van der Waals surface area contributed by atoms with E-state index in [0.717, 1.165) is 14.3 Å². The van der Waals surface area contributed by atoms with Gasteiger partial charge in [-0.3, -0.25) is 0 Å². The van der Waals surface area contributed by atoms with Crippen molar-refractivity contribution in [1.82, 2.24) is 0 Å². The summed E-state index contributed by atoms with van der Waals surface area (Å²) < 4.78 is 40.8. The highest BCUT2D eigenvalue weighted by atomic mass is 127. The molecule has 0 heterocycles. The van der Waals surface area contributed by atoms with E-state index in [1.807, 2.05) is 6.07 Å². The van der Waals surface area contributed by atoms with E-state index in [1.54, 1.807) is 18.2 Å². The van der Waals surface area contributed by atoms with Crippen LogP contribution in [0.4, 0.5) is 13.2 Å². The van der Waals surface area contributed by atoms with E-state index in [0.29, 0.717) is 0 Å². The number of rotatable bonds is 1. The first-order valence-corrected chi connectivity index (χ1v) is 5.47. The molecule has 1 nitrogen and oxygen atoms in total. The molecule has 2 rings (SSSR count). The Hall–Kier alpha value is -0.980. The Bertz CT molecular complexity index is 522. The molecule has 0 atom stereocenters. The lowest BCUT2D eigenvalue weighted by molar-refractivity contribution is -0.274. The number of alkyl halides is 3. The normalized spacial score (nSPS) is 11.8. The minimum Gasteiger partial charge on any atom is -0.406 e. The third-order valence-electron chi connectivity index (χ3n) is 2.03. The average molecular weight is 338 g/mol. The van der Waals surface area contributed by atoms with Gasteiger partial charge in [-0.05, 0) is 57.6 Å². The van der Waals surface area contributed by atoms with Crippen LogP contribution >= 0.6 is 22.6 Å². The average Bonchev–Trinajstić information content (AvgIpc) is 2.15. The number of hydrogen-bond donors (Lipinski definition) is 0. The number of hydrogen-bond acceptors (Lipinski definition) is 1. The van der Waals surface area contributed by atoms with Gasteiger partial charge >= 0.3 is 6.36 Å². The highest BCUT2D eigenvalue weighted by Crippen LogP contribution is 2.28. The van der Waals surface area contributed by atoms with Gasteiger partial charge in [0.25, 0.3) is 0 Å². The SMILES string of the molecule is FC(F)(F)Oc1ccc2c(I)cccc2c1. The van der Waals surface area contributed by atoms with Gasteiger partial charge in [0.1, 0.15) is 5.75 Å². The maximum absolute atomic E-state index is 12.0. The number of fused-ring (bicyclic) bond motifs is 1. The first-order chi connectivity index (χ1) is 7.46. The van der Waals surface area contributed by atoms with Crippen LogP contribution in [0.25, 0.3) is 10.8 Å². The lowest BCUT2D eigenvalue weighted by Gasteiger charge is -2.09. The standard InChI is InChI=1S/C11H6F3IO/c12-11(13,14)16-8-4-5-9-7(6-8)2-1-3-10(9)15/h1-6H. The first-order valence-electron chi connectivity index (χ1n) is 4.40. The predicted molar refractivity (Wildman–Crippen MR) is 63.3 cm³/mol. The molecule has 0 aliphatic carbocycles. The predicted octanol–water partition coefficient (Wildman–Crippen LogP) is 4.34. The van der Waals surface area contributed by atoms with Crippen LogP contribution in [0.1, 0.15) is 0 Å². The van der Waals surface area contributed by atoms with Crippen molar-refractivity contribution >= 4 is 33.4 Å². The van der Waals surface area contributed by atoms with Gasteiger partial charge in [-0.15, -0.1) is 13.2 Å². The summed E-state index contributed by atoms with van der Waals surface area (Å²) in [7, 11) is 0. The highest BCUT2D eigenvalue weighted by Gasteiger charge is 2.31. The van der Waals surface area contributed by atoms with E-state index in [4.69, 9.17) is 0 Å². The van der Waals surface area contributed by atoms with Crippen molar-refractivity contribution < 1.29 is 17.9 Å². The monoisotopic (exact) mass is 338 g/mol. The molecular weight excluding hydrogens is 332 g/mol. The van der Waals surface area contributed by atoms with E-state index >= 15 is 0 Å². The second kappa shape index (κ2) is 4.12. The van der Waals surface area contributed by atoms with Crippen LogP contribution < -0.4 is 4.74 Å². The molecule has 84 valence electrons. The lowest BCUT2D eigenvalue weighted by atomic mass is 10.1. The molecule has 0 aromatic heterocycles. The van der Waals surface area contributed by atoms with Crippen LogP contribution in [0.3, 0.4) is 0 Å². The number of ether oxygens (including phenoxy) is 1. The molecule has 0 amide bonds. The molecule has 0 bridgehead atoms. The molecule has 5 heteroatoms. The summed E-state index contributed by atoms with van der Waals surface area (Å²) in [6.45, 7) is 0. The van der Waals surface area contributed by atoms with Crippen molar-refractivity contribution in [3.05, 3.63) is 40.0 Å². The summed E-state index contributed by atoms with van der Waals surface area (Å²) >= 11 is 2.14. The second-order valence-corrected chi connectivity index (χ2v) is 4.33. The second-order valence-electron chi connectivity index (χ2n) is 3.17. The Morgan fingerprint density at radius 1 is 1.06 bits per heavy atom. The van der Waals surface area contributed by atoms with E-state index < -0.39 is 6.36 Å². The molecule has 0 saturated carbocycles. The summed E-state index contributed by atoms with van der Waals surface area (Å²) in [5.41, 5.74) is 0. The van der Waals surface area contributed by atoms with Gasteiger partial charge in [-0.25, -0.2) is 0 Å². The molecule has 0 aliphatic rings. The lowest BCUT2D eigenvalue weighted by Crippen LogP contribution is -2.16. The zero-order valence-corrected chi connectivity index (χ0v) is 10.0. The van der Waals surface area contributed by atoms with Crippen LogP contribution in [0.5, 0.6) is 5.75 Å². The fraction of sp³-hybridized carbons (Fsp3) is 0.0909. The summed E-state index contributed by atoms with van der Waals surface area (Å²) in [6.07, 6.45) is -4.64. The quantitative estimate of drug-likeness (QED) is 0.703. The molecule has 0 radical (unpaired) electrons. The minimum absolute atomic E-state index is 0.193. The Morgan fingerprint density at radius 2 is 1.81 bits per heavy atom. The van der Waals surface area contributed by atoms with Crippen molar-refractivity contribution in [3.63, 3.8) is 0 Å². The Kier molecular flexibility index (Phi) is 2.96. The molecule has 0 saturated heterocycles. The van der Waals surface area contributed by atoms with Gasteiger partial charge < -0.3 is 4.74 Å². The molecule has 0 N–H and O–H groups in total. The van der Waals surface area contributed by atoms with Gasteiger partial charge in [0.15, 0.2) is 0 Å². The van der Waals surface area contributed by atoms with E-state index in [2.05, 4.69) is 27.3 Å². The first kappa shape index (κ1) is 11.5. The molecule has 0 unspecified atom stereocenters. The van der Waals surface area contributed by atoms with Crippen molar-refractivity contribution in [2.45, 2.75) is 6.36 Å². The van der Waals surface area contributed by atoms with Gasteiger partial charge in [-0.1, -0.05) is 12.1 Å². The molecule has 0 spiro atoms. The molecule has 16 heavy (non-hydrogen) atoms. The summed E-state index contributed by atoms with van der Waals surface area (Å²) in [5, 5.41) is 1.64. The zero-order valence-electron chi connectivity index (χ0n) is 7.88. The largest absolute Gasteiger partial charge is 0.573 e. The summed E-state index contributed by atoms with van der Waals surface area (Å²) in [5.74, 6) is -0.193. The van der Waals surface area contributed by atoms with Crippen LogP contribution in [0.2, 0.25) is 0 Å². The van der Waals surface area contributed by atoms with Crippen LogP contribution in [-0.4, -0.2) is 6.36 Å². The van der Waals surface area contributed by atoms with Crippen molar-refractivity contribution in [2.75, 3.05) is 0 Å². The maximum atomic E-state index is 12.0. The maximum Gasteiger partial charge on any atom is 0.573 e. The van der Waals surface area contributed by atoms with E-state index in [9.17, 15) is 13.2 Å². The summed E-state index contributed by atoms with van der Waals surface area (Å²) in [4.78, 5) is 0. The van der Waals surface area contributed by atoms with Crippen molar-refractivity contribution in [1.29, 1.82) is 0 Å². The number of benzene rings is 2. The Morgan fingerprint density at radius 3 is 2.50 bits per heavy atom. The van der Waals surface area contributed by atoms with Gasteiger partial charge in [-0.2, -0.15) is 0 Å². The molecular formula is C11H6F3IO. The fourth-order valence-electron chi connectivity index (χ4n) is 1.42. The third-order valence-corrected chi connectivity index (χ3v) is 2.97. The molecule has 2 aromatic carbocycles. The van der Waals surface area contributed by atoms with Crippen molar-refractivity contribution in [2.24, 2.45) is 0 Å². The highest BCUT2D eigenvalue weighted by molar-refractivity contribution is 14.1.